The number of rotatable bonds is 6. The van der Waals surface area contributed by atoms with Crippen LogP contribution in [0.25, 0.3) is 0 Å². The van der Waals surface area contributed by atoms with Gasteiger partial charge in [0.1, 0.15) is 0 Å². The summed E-state index contributed by atoms with van der Waals surface area (Å²) in [4.78, 5) is 10.8. The van der Waals surface area contributed by atoms with Gasteiger partial charge in [0.05, 0.1) is 0 Å². The van der Waals surface area contributed by atoms with Crippen molar-refractivity contribution in [2.24, 2.45) is 11.7 Å². The molecule has 0 bridgehead atoms. The highest BCUT2D eigenvalue weighted by atomic mass is 16.4. The zero-order valence-corrected chi connectivity index (χ0v) is 9.29. The molecule has 0 heterocycles. The fourth-order valence-electron chi connectivity index (χ4n) is 1.05. The first-order chi connectivity index (χ1) is 6.49. The number of carboxylic acid groups (broad SMARTS) is 1. The lowest BCUT2D eigenvalue weighted by Crippen LogP contribution is -2.25. The number of hydrogen-bond acceptors (Lipinski definition) is 2. The molecular weight excluding hydrogens is 178 g/mol. The molecule has 0 saturated carbocycles. The zero-order valence-electron chi connectivity index (χ0n) is 9.29. The van der Waals surface area contributed by atoms with Crippen LogP contribution in [0.2, 0.25) is 0 Å². The van der Waals surface area contributed by atoms with E-state index in [0.29, 0.717) is 12.0 Å². The molecule has 0 fully saturated rings. The quantitative estimate of drug-likeness (QED) is 0.644. The maximum Gasteiger partial charge on any atom is 0.331 e. The minimum absolute atomic E-state index is 0.155. The molecule has 3 heteroatoms. The maximum atomic E-state index is 10.8. The molecule has 0 saturated heterocycles. The van der Waals surface area contributed by atoms with Gasteiger partial charge in [-0.3, -0.25) is 0 Å². The SMILES string of the molecule is CCCC/C(=C\[C@@H](N)C(C)C)C(=O)O. The fraction of sp³-hybridized carbons (Fsp3) is 0.727. The highest BCUT2D eigenvalue weighted by Crippen LogP contribution is 2.11. The molecule has 1 atom stereocenters. The third-order valence-corrected chi connectivity index (χ3v) is 2.24. The summed E-state index contributed by atoms with van der Waals surface area (Å²) in [5.74, 6) is -0.555. The lowest BCUT2D eigenvalue weighted by molar-refractivity contribution is -0.132. The van der Waals surface area contributed by atoms with Crippen LogP contribution in [0.5, 0.6) is 0 Å². The third kappa shape index (κ3) is 5.02. The Morgan fingerprint density at radius 1 is 1.50 bits per heavy atom. The number of nitrogens with two attached hydrogens (primary N) is 1. The van der Waals surface area contributed by atoms with Crippen LogP contribution in [-0.2, 0) is 4.79 Å². The van der Waals surface area contributed by atoms with Crippen LogP contribution < -0.4 is 5.73 Å². The molecule has 0 rings (SSSR count). The summed E-state index contributed by atoms with van der Waals surface area (Å²) in [6, 6.07) is -0.155. The van der Waals surface area contributed by atoms with Crippen molar-refractivity contribution in [3.63, 3.8) is 0 Å². The first kappa shape index (κ1) is 13.2. The molecule has 0 aliphatic rings. The Kier molecular flexibility index (Phi) is 6.21. The van der Waals surface area contributed by atoms with Crippen molar-refractivity contribution in [2.75, 3.05) is 0 Å². The van der Waals surface area contributed by atoms with Crippen LogP contribution >= 0.6 is 0 Å². The third-order valence-electron chi connectivity index (χ3n) is 2.24. The molecule has 0 aromatic heterocycles. The van der Waals surface area contributed by atoms with Gasteiger partial charge in [-0.2, -0.15) is 0 Å². The van der Waals surface area contributed by atoms with Gasteiger partial charge in [0.15, 0.2) is 0 Å². The highest BCUT2D eigenvalue weighted by Gasteiger charge is 2.11. The molecule has 0 radical (unpaired) electrons. The molecule has 3 N–H and O–H groups in total. The van der Waals surface area contributed by atoms with Gasteiger partial charge >= 0.3 is 5.97 Å². The second-order valence-electron chi connectivity index (χ2n) is 3.92. The maximum absolute atomic E-state index is 10.8. The minimum Gasteiger partial charge on any atom is -0.478 e. The van der Waals surface area contributed by atoms with Gasteiger partial charge in [0.25, 0.3) is 0 Å². The number of carbonyl (C=O) groups is 1. The largest absolute Gasteiger partial charge is 0.478 e. The van der Waals surface area contributed by atoms with E-state index in [9.17, 15) is 4.79 Å². The number of carboxylic acids is 1. The first-order valence-corrected chi connectivity index (χ1v) is 5.18. The average Bonchev–Trinajstić information content (AvgIpc) is 2.10. The van der Waals surface area contributed by atoms with Gasteiger partial charge in [-0.1, -0.05) is 33.3 Å². The van der Waals surface area contributed by atoms with Crippen molar-refractivity contribution in [3.05, 3.63) is 11.6 Å². The summed E-state index contributed by atoms with van der Waals surface area (Å²) in [7, 11) is 0. The van der Waals surface area contributed by atoms with Crippen LogP contribution in [0, 0.1) is 5.92 Å². The summed E-state index contributed by atoms with van der Waals surface area (Å²) < 4.78 is 0. The van der Waals surface area contributed by atoms with Crippen LogP contribution in [-0.4, -0.2) is 17.1 Å². The highest BCUT2D eigenvalue weighted by molar-refractivity contribution is 5.86. The number of hydrogen-bond donors (Lipinski definition) is 2. The van der Waals surface area contributed by atoms with E-state index in [-0.39, 0.29) is 12.0 Å². The molecule has 82 valence electrons. The van der Waals surface area contributed by atoms with Gasteiger partial charge < -0.3 is 10.8 Å². The molecule has 0 amide bonds. The Balaban J connectivity index is 4.39. The van der Waals surface area contributed by atoms with Gasteiger partial charge in [0, 0.05) is 11.6 Å². The summed E-state index contributed by atoms with van der Waals surface area (Å²) in [5, 5.41) is 8.91. The van der Waals surface area contributed by atoms with Crippen LogP contribution in [0.15, 0.2) is 11.6 Å². The molecule has 14 heavy (non-hydrogen) atoms. The van der Waals surface area contributed by atoms with E-state index < -0.39 is 5.97 Å². The van der Waals surface area contributed by atoms with Crippen molar-refractivity contribution in [2.45, 2.75) is 46.1 Å². The Morgan fingerprint density at radius 3 is 2.43 bits per heavy atom. The van der Waals surface area contributed by atoms with E-state index in [1.54, 1.807) is 6.08 Å². The van der Waals surface area contributed by atoms with Crippen molar-refractivity contribution >= 4 is 5.97 Å². The zero-order chi connectivity index (χ0) is 11.1. The molecular formula is C11H21NO2. The number of unbranched alkanes of at least 4 members (excludes halogenated alkanes) is 1. The lowest BCUT2D eigenvalue weighted by atomic mass is 10.00. The predicted molar refractivity (Wildman–Crippen MR) is 58.1 cm³/mol. The van der Waals surface area contributed by atoms with E-state index in [1.807, 2.05) is 20.8 Å². The molecule has 0 spiro atoms. The van der Waals surface area contributed by atoms with E-state index in [0.717, 1.165) is 12.8 Å². The Labute approximate surface area is 86.0 Å². The summed E-state index contributed by atoms with van der Waals surface area (Å²) in [5.41, 5.74) is 6.24. The molecule has 3 nitrogen and oxygen atoms in total. The van der Waals surface area contributed by atoms with Crippen molar-refractivity contribution in [1.82, 2.24) is 0 Å². The second kappa shape index (κ2) is 6.60. The molecule has 0 aromatic rings. The smallest absolute Gasteiger partial charge is 0.331 e. The molecule has 0 aliphatic heterocycles. The first-order valence-electron chi connectivity index (χ1n) is 5.18. The Morgan fingerprint density at radius 2 is 2.07 bits per heavy atom. The number of aliphatic carboxylic acids is 1. The van der Waals surface area contributed by atoms with E-state index >= 15 is 0 Å². The topological polar surface area (TPSA) is 63.3 Å². The lowest BCUT2D eigenvalue weighted by Gasteiger charge is -2.12. The van der Waals surface area contributed by atoms with E-state index in [2.05, 4.69) is 0 Å². The van der Waals surface area contributed by atoms with E-state index in [1.165, 1.54) is 0 Å². The summed E-state index contributed by atoms with van der Waals surface area (Å²) in [6.45, 7) is 6.02. The van der Waals surface area contributed by atoms with Crippen LogP contribution in [0.1, 0.15) is 40.0 Å². The Hall–Kier alpha value is -0.830. The molecule has 0 aliphatic carbocycles. The average molecular weight is 199 g/mol. The minimum atomic E-state index is -0.838. The molecule has 0 unspecified atom stereocenters. The van der Waals surface area contributed by atoms with Crippen molar-refractivity contribution in [3.8, 4) is 0 Å². The van der Waals surface area contributed by atoms with Gasteiger partial charge in [0.2, 0.25) is 0 Å². The summed E-state index contributed by atoms with van der Waals surface area (Å²) in [6.07, 6.45) is 4.21. The predicted octanol–water partition coefficient (Wildman–Crippen LogP) is 2.17. The van der Waals surface area contributed by atoms with Crippen molar-refractivity contribution in [1.29, 1.82) is 0 Å². The van der Waals surface area contributed by atoms with Gasteiger partial charge in [-0.05, 0) is 18.8 Å². The standard InChI is InChI=1S/C11H21NO2/c1-4-5-6-9(11(13)14)7-10(12)8(2)3/h7-8,10H,4-6,12H2,1-3H3,(H,13,14)/b9-7+/t10-/m1/s1. The summed E-state index contributed by atoms with van der Waals surface area (Å²) >= 11 is 0. The van der Waals surface area contributed by atoms with Crippen molar-refractivity contribution < 1.29 is 9.90 Å². The van der Waals surface area contributed by atoms with Crippen LogP contribution in [0.4, 0.5) is 0 Å². The van der Waals surface area contributed by atoms with Gasteiger partial charge in [-0.15, -0.1) is 0 Å². The fourth-order valence-corrected chi connectivity index (χ4v) is 1.05. The molecule has 0 aromatic carbocycles. The van der Waals surface area contributed by atoms with E-state index in [4.69, 9.17) is 10.8 Å². The monoisotopic (exact) mass is 199 g/mol. The van der Waals surface area contributed by atoms with Crippen LogP contribution in [0.3, 0.4) is 0 Å². The second-order valence-corrected chi connectivity index (χ2v) is 3.92. The van der Waals surface area contributed by atoms with Gasteiger partial charge in [-0.25, -0.2) is 4.79 Å². The normalized spacial score (nSPS) is 14.5. The Bertz CT molecular complexity index is 209.